The van der Waals surface area contributed by atoms with Crippen LogP contribution in [0.25, 0.3) is 0 Å². The zero-order valence-corrected chi connectivity index (χ0v) is 15.3. The van der Waals surface area contributed by atoms with Crippen LogP contribution >= 0.6 is 0 Å². The predicted octanol–water partition coefficient (Wildman–Crippen LogP) is 1.96. The van der Waals surface area contributed by atoms with E-state index >= 15 is 0 Å². The number of anilines is 1. The molecule has 140 valence electrons. The number of ether oxygens (including phenoxy) is 1. The molecule has 26 heavy (non-hydrogen) atoms. The molecule has 0 unspecified atom stereocenters. The van der Waals surface area contributed by atoms with Crippen molar-refractivity contribution in [2.75, 3.05) is 32.1 Å². The Balaban J connectivity index is 2.11. The van der Waals surface area contributed by atoms with Crippen LogP contribution < -0.4 is 10.0 Å². The summed E-state index contributed by atoms with van der Waals surface area (Å²) >= 11 is 0. The van der Waals surface area contributed by atoms with Gasteiger partial charge in [-0.15, -0.1) is 0 Å². The van der Waals surface area contributed by atoms with Crippen molar-refractivity contribution in [2.24, 2.45) is 0 Å². The number of rotatable bonds is 10. The van der Waals surface area contributed by atoms with Crippen molar-refractivity contribution in [1.29, 1.82) is 0 Å². The number of aromatic carboxylic acids is 1. The van der Waals surface area contributed by atoms with Gasteiger partial charge in [0.2, 0.25) is 10.0 Å². The van der Waals surface area contributed by atoms with E-state index in [1.807, 2.05) is 30.3 Å². The van der Waals surface area contributed by atoms with Gasteiger partial charge < -0.3 is 15.2 Å². The van der Waals surface area contributed by atoms with Crippen molar-refractivity contribution in [3.63, 3.8) is 0 Å². The van der Waals surface area contributed by atoms with Crippen LogP contribution in [0, 0.1) is 0 Å². The number of carboxylic acids is 1. The minimum absolute atomic E-state index is 0.0901. The fourth-order valence-corrected chi connectivity index (χ4v) is 3.41. The lowest BCUT2D eigenvalue weighted by Gasteiger charge is -2.12. The molecule has 3 N–H and O–H groups in total. The molecule has 0 atom stereocenters. The molecular weight excluding hydrogens is 356 g/mol. The van der Waals surface area contributed by atoms with Crippen LogP contribution in [0.2, 0.25) is 0 Å². The number of benzene rings is 2. The van der Waals surface area contributed by atoms with Gasteiger partial charge in [-0.2, -0.15) is 0 Å². The maximum atomic E-state index is 12.2. The molecule has 0 saturated carbocycles. The van der Waals surface area contributed by atoms with Gasteiger partial charge in [0, 0.05) is 25.9 Å². The molecule has 2 aromatic carbocycles. The van der Waals surface area contributed by atoms with Crippen molar-refractivity contribution in [3.8, 4) is 0 Å². The normalized spacial score (nSPS) is 11.3. The third-order valence-electron chi connectivity index (χ3n) is 3.70. The van der Waals surface area contributed by atoms with Gasteiger partial charge in [-0.1, -0.05) is 30.3 Å². The summed E-state index contributed by atoms with van der Waals surface area (Å²) in [4.78, 5) is 11.4. The highest BCUT2D eigenvalue weighted by molar-refractivity contribution is 7.89. The number of carbonyl (C=O) groups is 1. The summed E-state index contributed by atoms with van der Waals surface area (Å²) in [5, 5.41) is 12.5. The van der Waals surface area contributed by atoms with Gasteiger partial charge in [-0.25, -0.2) is 17.9 Å². The third-order valence-corrected chi connectivity index (χ3v) is 5.16. The Morgan fingerprint density at radius 2 is 1.85 bits per heavy atom. The summed E-state index contributed by atoms with van der Waals surface area (Å²) in [5.41, 5.74) is 1.41. The van der Waals surface area contributed by atoms with Gasteiger partial charge in [0.25, 0.3) is 0 Å². The van der Waals surface area contributed by atoms with E-state index in [1.54, 1.807) is 0 Å². The fourth-order valence-electron chi connectivity index (χ4n) is 2.37. The van der Waals surface area contributed by atoms with E-state index < -0.39 is 16.0 Å². The van der Waals surface area contributed by atoms with Crippen molar-refractivity contribution in [3.05, 3.63) is 59.7 Å². The summed E-state index contributed by atoms with van der Waals surface area (Å²) in [5.74, 6) is -1.19. The Bertz CT molecular complexity index is 838. The van der Waals surface area contributed by atoms with Crippen LogP contribution in [-0.4, -0.2) is 46.3 Å². The molecular formula is C18H22N2O5S. The van der Waals surface area contributed by atoms with Crippen LogP contribution in [0.4, 0.5) is 5.69 Å². The zero-order valence-electron chi connectivity index (χ0n) is 14.4. The SMILES string of the molecule is COCCNS(=O)(=O)c1ccc(NCCc2ccccc2)c(C(=O)O)c1. The lowest BCUT2D eigenvalue weighted by Crippen LogP contribution is -2.27. The fraction of sp³-hybridized carbons (Fsp3) is 0.278. The van der Waals surface area contributed by atoms with E-state index in [4.69, 9.17) is 4.74 Å². The molecule has 8 heteroatoms. The number of methoxy groups -OCH3 is 1. The first-order valence-corrected chi connectivity index (χ1v) is 9.56. The summed E-state index contributed by atoms with van der Waals surface area (Å²) in [6, 6.07) is 13.8. The molecule has 0 radical (unpaired) electrons. The van der Waals surface area contributed by atoms with Gasteiger partial charge in [0.1, 0.15) is 0 Å². The minimum atomic E-state index is -3.79. The molecule has 0 aliphatic rings. The molecule has 0 spiro atoms. The average molecular weight is 378 g/mol. The smallest absolute Gasteiger partial charge is 0.337 e. The molecule has 0 aliphatic carbocycles. The second-order valence-electron chi connectivity index (χ2n) is 5.57. The zero-order chi connectivity index (χ0) is 19.0. The van der Waals surface area contributed by atoms with Gasteiger partial charge in [-0.05, 0) is 30.2 Å². The van der Waals surface area contributed by atoms with Gasteiger partial charge in [0.05, 0.1) is 17.1 Å². The maximum Gasteiger partial charge on any atom is 0.337 e. The monoisotopic (exact) mass is 378 g/mol. The van der Waals surface area contributed by atoms with E-state index in [0.717, 1.165) is 18.1 Å². The molecule has 0 saturated heterocycles. The van der Waals surface area contributed by atoms with Gasteiger partial charge in [-0.3, -0.25) is 0 Å². The minimum Gasteiger partial charge on any atom is -0.478 e. The van der Waals surface area contributed by atoms with Crippen molar-refractivity contribution in [2.45, 2.75) is 11.3 Å². The standard InChI is InChI=1S/C18H22N2O5S/c1-25-12-11-20-26(23,24)15-7-8-17(16(13-15)18(21)22)19-10-9-14-5-3-2-4-6-14/h2-8,13,19-20H,9-12H2,1H3,(H,21,22). The van der Waals surface area contributed by atoms with E-state index in [2.05, 4.69) is 10.0 Å². The van der Waals surface area contributed by atoms with Gasteiger partial charge in [0.15, 0.2) is 0 Å². The Labute approximate surface area is 153 Å². The van der Waals surface area contributed by atoms with E-state index in [0.29, 0.717) is 12.2 Å². The number of carboxylic acid groups (broad SMARTS) is 1. The van der Waals surface area contributed by atoms with E-state index in [1.165, 1.54) is 19.2 Å². The van der Waals surface area contributed by atoms with Crippen LogP contribution in [0.5, 0.6) is 0 Å². The number of sulfonamides is 1. The van der Waals surface area contributed by atoms with Crippen LogP contribution in [0.1, 0.15) is 15.9 Å². The summed E-state index contributed by atoms with van der Waals surface area (Å²) in [7, 11) is -2.32. The first-order chi connectivity index (χ1) is 12.4. The second kappa shape index (κ2) is 9.33. The summed E-state index contributed by atoms with van der Waals surface area (Å²) in [6.07, 6.45) is 0.721. The van der Waals surface area contributed by atoms with Gasteiger partial charge >= 0.3 is 5.97 Å². The first-order valence-electron chi connectivity index (χ1n) is 8.08. The second-order valence-corrected chi connectivity index (χ2v) is 7.33. The largest absolute Gasteiger partial charge is 0.478 e. The molecule has 0 fully saturated rings. The summed E-state index contributed by atoms with van der Waals surface area (Å²) in [6.45, 7) is 0.866. The highest BCUT2D eigenvalue weighted by Crippen LogP contribution is 2.21. The van der Waals surface area contributed by atoms with E-state index in [9.17, 15) is 18.3 Å². The Kier molecular flexibility index (Phi) is 7.14. The Morgan fingerprint density at radius 1 is 1.12 bits per heavy atom. The highest BCUT2D eigenvalue weighted by atomic mass is 32.2. The van der Waals surface area contributed by atoms with E-state index in [-0.39, 0.29) is 23.6 Å². The molecule has 0 amide bonds. The summed E-state index contributed by atoms with van der Waals surface area (Å²) < 4.78 is 31.6. The molecule has 0 aromatic heterocycles. The van der Waals surface area contributed by atoms with Crippen LogP contribution in [-0.2, 0) is 21.2 Å². The number of hydrogen-bond acceptors (Lipinski definition) is 5. The van der Waals surface area contributed by atoms with Crippen LogP contribution in [0.15, 0.2) is 53.4 Å². The molecule has 0 bridgehead atoms. The van der Waals surface area contributed by atoms with Crippen molar-refractivity contribution in [1.82, 2.24) is 4.72 Å². The maximum absolute atomic E-state index is 12.2. The third kappa shape index (κ3) is 5.55. The Hall–Kier alpha value is -2.42. The number of nitrogens with one attached hydrogen (secondary N) is 2. The molecule has 7 nitrogen and oxygen atoms in total. The quantitative estimate of drug-likeness (QED) is 0.546. The van der Waals surface area contributed by atoms with Crippen LogP contribution in [0.3, 0.4) is 0 Å². The Morgan fingerprint density at radius 3 is 2.50 bits per heavy atom. The van der Waals surface area contributed by atoms with Crippen molar-refractivity contribution >= 4 is 21.7 Å². The molecule has 2 aromatic rings. The highest BCUT2D eigenvalue weighted by Gasteiger charge is 2.18. The predicted molar refractivity (Wildman–Crippen MR) is 99.1 cm³/mol. The first kappa shape index (κ1) is 19.9. The topological polar surface area (TPSA) is 105 Å². The average Bonchev–Trinajstić information content (AvgIpc) is 2.62. The molecule has 2 rings (SSSR count). The lowest BCUT2D eigenvalue weighted by atomic mass is 10.1. The molecule has 0 heterocycles. The van der Waals surface area contributed by atoms with Crippen molar-refractivity contribution < 1.29 is 23.1 Å². The molecule has 0 aliphatic heterocycles. The lowest BCUT2D eigenvalue weighted by molar-refractivity contribution is 0.0697. The number of hydrogen-bond donors (Lipinski definition) is 3.